The maximum Gasteiger partial charge on any atom is 0.434 e. The number of aliphatic hydroxyl groups excluding tert-OH is 1. The second-order valence-electron chi connectivity index (χ2n) is 9.28. The Balaban J connectivity index is 1.71. The van der Waals surface area contributed by atoms with Gasteiger partial charge in [-0.3, -0.25) is 4.98 Å². The monoisotopic (exact) mass is 498 g/mol. The van der Waals surface area contributed by atoms with Crippen LogP contribution in [0.15, 0.2) is 27.7 Å². The number of anilines is 1. The highest BCUT2D eigenvalue weighted by molar-refractivity contribution is 6.30. The Morgan fingerprint density at radius 3 is 2.74 bits per heavy atom. The molecule has 5 rings (SSSR count). The van der Waals surface area contributed by atoms with Crippen LogP contribution in [0.5, 0.6) is 0 Å². The van der Waals surface area contributed by atoms with Gasteiger partial charge in [-0.2, -0.15) is 4.98 Å². The predicted molar refractivity (Wildman–Crippen MR) is 131 cm³/mol. The first-order valence-electron chi connectivity index (χ1n) is 11.7. The van der Waals surface area contributed by atoms with Gasteiger partial charge in [0.25, 0.3) is 5.89 Å². The van der Waals surface area contributed by atoms with Crippen molar-refractivity contribution in [1.29, 1.82) is 0 Å². The van der Waals surface area contributed by atoms with Crippen LogP contribution < -0.4 is 11.1 Å². The molecule has 1 fully saturated rings. The molecule has 0 amide bonds. The van der Waals surface area contributed by atoms with E-state index in [1.807, 2.05) is 6.92 Å². The van der Waals surface area contributed by atoms with Crippen molar-refractivity contribution in [1.82, 2.24) is 34.7 Å². The van der Waals surface area contributed by atoms with E-state index in [9.17, 15) is 9.90 Å². The summed E-state index contributed by atoms with van der Waals surface area (Å²) in [6, 6.07) is 1.55. The Kier molecular flexibility index (Phi) is 6.52. The minimum atomic E-state index is -0.703. The molecule has 11 nitrogen and oxygen atoms in total. The summed E-state index contributed by atoms with van der Waals surface area (Å²) in [5.74, 6) is 1.17. The maximum absolute atomic E-state index is 11.6. The molecule has 1 atom stereocenters. The van der Waals surface area contributed by atoms with Crippen molar-refractivity contribution in [3.8, 4) is 23.0 Å². The van der Waals surface area contributed by atoms with Crippen LogP contribution in [0.3, 0.4) is 0 Å². The standard InChI is InChI=1S/C23H27ClN8O3/c1-12-3-5-14(6-4-12)10-32-18-17(15-7-16(24)9-25-8-15)27-20(21-30-31-23(34)35-21)28-19(18)29-22(32)26-13(2)11-33/h7-9,12-14,33H,3-6,10-11H2,1-2H3,(H,31,34)(H,26,27,28,29). The van der Waals surface area contributed by atoms with Crippen LogP contribution in [0.4, 0.5) is 5.95 Å². The molecule has 4 heterocycles. The molecule has 184 valence electrons. The zero-order valence-corrected chi connectivity index (χ0v) is 20.3. The van der Waals surface area contributed by atoms with Gasteiger partial charge in [0.05, 0.1) is 11.6 Å². The average Bonchev–Trinajstić information content (AvgIpc) is 3.43. The molecule has 4 aromatic heterocycles. The minimum Gasteiger partial charge on any atom is -0.394 e. The Bertz CT molecular complexity index is 1390. The second-order valence-corrected chi connectivity index (χ2v) is 9.71. The number of aliphatic hydroxyl groups is 1. The zero-order valence-electron chi connectivity index (χ0n) is 19.5. The molecule has 0 aromatic carbocycles. The fraction of sp³-hybridized carbons (Fsp3) is 0.478. The molecule has 4 aromatic rings. The van der Waals surface area contributed by atoms with Crippen molar-refractivity contribution in [3.05, 3.63) is 34.0 Å². The summed E-state index contributed by atoms with van der Waals surface area (Å²) in [7, 11) is 0. The third-order valence-electron chi connectivity index (χ3n) is 6.44. The fourth-order valence-corrected chi connectivity index (χ4v) is 4.70. The molecule has 1 unspecified atom stereocenters. The largest absolute Gasteiger partial charge is 0.434 e. The SMILES string of the molecule is CC1CCC(Cn2c(NC(C)CO)nc3nc(-c4n[nH]c(=O)o4)nc(-c4cncc(Cl)c4)c32)CC1. The molecule has 35 heavy (non-hydrogen) atoms. The lowest BCUT2D eigenvalue weighted by atomic mass is 9.83. The van der Waals surface area contributed by atoms with Crippen LogP contribution in [0, 0.1) is 11.8 Å². The molecular weight excluding hydrogens is 472 g/mol. The number of fused-ring (bicyclic) bond motifs is 1. The number of pyridine rings is 1. The molecule has 0 spiro atoms. The van der Waals surface area contributed by atoms with Gasteiger partial charge >= 0.3 is 5.76 Å². The number of halogens is 1. The molecule has 1 saturated carbocycles. The quantitative estimate of drug-likeness (QED) is 0.348. The summed E-state index contributed by atoms with van der Waals surface area (Å²) in [6.07, 6.45) is 7.85. The van der Waals surface area contributed by atoms with Crippen molar-refractivity contribution in [2.45, 2.75) is 52.1 Å². The van der Waals surface area contributed by atoms with Crippen molar-refractivity contribution in [3.63, 3.8) is 0 Å². The highest BCUT2D eigenvalue weighted by atomic mass is 35.5. The Morgan fingerprint density at radius 1 is 1.26 bits per heavy atom. The Morgan fingerprint density at radius 2 is 2.06 bits per heavy atom. The molecule has 3 N–H and O–H groups in total. The van der Waals surface area contributed by atoms with Gasteiger partial charge in [-0.25, -0.2) is 19.9 Å². The number of aromatic nitrogens is 7. The Labute approximate surface area is 206 Å². The van der Waals surface area contributed by atoms with Gasteiger partial charge in [-0.05, 0) is 37.7 Å². The predicted octanol–water partition coefficient (Wildman–Crippen LogP) is 3.50. The molecule has 1 aliphatic rings. The number of aromatic amines is 1. The van der Waals surface area contributed by atoms with Crippen molar-refractivity contribution in [2.75, 3.05) is 11.9 Å². The molecule has 0 bridgehead atoms. The molecule has 0 radical (unpaired) electrons. The number of nitrogens with zero attached hydrogens (tertiary/aromatic N) is 6. The van der Waals surface area contributed by atoms with Crippen molar-refractivity contribution >= 4 is 28.7 Å². The molecule has 12 heteroatoms. The van der Waals surface area contributed by atoms with E-state index >= 15 is 0 Å². The smallest absolute Gasteiger partial charge is 0.394 e. The average molecular weight is 499 g/mol. The summed E-state index contributed by atoms with van der Waals surface area (Å²) in [6.45, 7) is 4.85. The highest BCUT2D eigenvalue weighted by Crippen LogP contribution is 2.35. The zero-order chi connectivity index (χ0) is 24.5. The number of rotatable bonds is 7. The number of imidazole rings is 1. The van der Waals surface area contributed by atoms with E-state index in [0.717, 1.165) is 25.3 Å². The summed E-state index contributed by atoms with van der Waals surface area (Å²) in [5.41, 5.74) is 2.34. The van der Waals surface area contributed by atoms with Gasteiger partial charge < -0.3 is 19.4 Å². The van der Waals surface area contributed by atoms with Crippen LogP contribution in [-0.4, -0.2) is 52.5 Å². The van der Waals surface area contributed by atoms with Crippen molar-refractivity contribution in [2.24, 2.45) is 11.8 Å². The van der Waals surface area contributed by atoms with Crippen LogP contribution in [0.25, 0.3) is 34.1 Å². The highest BCUT2D eigenvalue weighted by Gasteiger charge is 2.26. The van der Waals surface area contributed by atoms with Gasteiger partial charge in [-0.15, -0.1) is 5.10 Å². The van der Waals surface area contributed by atoms with Gasteiger partial charge in [0.2, 0.25) is 11.8 Å². The van der Waals surface area contributed by atoms with Gasteiger partial charge in [0.1, 0.15) is 11.2 Å². The lowest BCUT2D eigenvalue weighted by Crippen LogP contribution is -2.24. The third kappa shape index (κ3) is 4.92. The lowest BCUT2D eigenvalue weighted by molar-refractivity contribution is 0.265. The van der Waals surface area contributed by atoms with E-state index in [1.165, 1.54) is 12.8 Å². The summed E-state index contributed by atoms with van der Waals surface area (Å²) in [4.78, 5) is 29.8. The van der Waals surface area contributed by atoms with Crippen LogP contribution >= 0.6 is 11.6 Å². The van der Waals surface area contributed by atoms with E-state index in [1.54, 1.807) is 18.5 Å². The number of nitrogens with one attached hydrogen (secondary N) is 2. The van der Waals surface area contributed by atoms with E-state index in [0.29, 0.717) is 39.3 Å². The van der Waals surface area contributed by atoms with Gasteiger partial charge in [0, 0.05) is 30.5 Å². The molecule has 0 saturated heterocycles. The number of H-pyrrole nitrogens is 1. The normalized spacial score (nSPS) is 19.2. The van der Waals surface area contributed by atoms with E-state index in [-0.39, 0.29) is 24.4 Å². The molecule has 0 aliphatic heterocycles. The molecule has 1 aliphatic carbocycles. The van der Waals surface area contributed by atoms with Gasteiger partial charge in [-0.1, -0.05) is 31.4 Å². The second kappa shape index (κ2) is 9.74. The van der Waals surface area contributed by atoms with E-state index < -0.39 is 5.76 Å². The van der Waals surface area contributed by atoms with E-state index in [4.69, 9.17) is 26.0 Å². The third-order valence-corrected chi connectivity index (χ3v) is 6.64. The van der Waals surface area contributed by atoms with E-state index in [2.05, 4.69) is 37.0 Å². The first-order chi connectivity index (χ1) is 16.9. The summed E-state index contributed by atoms with van der Waals surface area (Å²) < 4.78 is 7.20. The molecular formula is C23H27ClN8O3. The van der Waals surface area contributed by atoms with Crippen molar-refractivity contribution < 1.29 is 9.52 Å². The Hall–Kier alpha value is -3.31. The summed E-state index contributed by atoms with van der Waals surface area (Å²) >= 11 is 6.26. The topological polar surface area (TPSA) is 148 Å². The van der Waals surface area contributed by atoms with Crippen LogP contribution in [0.2, 0.25) is 5.02 Å². The number of hydrogen-bond donors (Lipinski definition) is 3. The minimum absolute atomic E-state index is 0.0396. The summed E-state index contributed by atoms with van der Waals surface area (Å²) in [5, 5.41) is 19.5. The number of hydrogen-bond acceptors (Lipinski definition) is 9. The van der Waals surface area contributed by atoms with Crippen LogP contribution in [-0.2, 0) is 6.54 Å². The maximum atomic E-state index is 11.6. The first kappa shape index (κ1) is 23.4. The fourth-order valence-electron chi connectivity index (χ4n) is 4.52. The first-order valence-corrected chi connectivity index (χ1v) is 12.1. The van der Waals surface area contributed by atoms with Gasteiger partial charge in [0.15, 0.2) is 5.65 Å². The van der Waals surface area contributed by atoms with Crippen LogP contribution in [0.1, 0.15) is 39.5 Å². The lowest BCUT2D eigenvalue weighted by Gasteiger charge is -2.27.